The van der Waals surface area contributed by atoms with Crippen LogP contribution in [0.2, 0.25) is 0 Å². The topological polar surface area (TPSA) is 24.5 Å². The van der Waals surface area contributed by atoms with Gasteiger partial charge in [0.1, 0.15) is 0 Å². The van der Waals surface area contributed by atoms with Gasteiger partial charge in [-0.05, 0) is 26.7 Å². The zero-order valence-corrected chi connectivity index (χ0v) is 10.8. The summed E-state index contributed by atoms with van der Waals surface area (Å²) in [5.41, 5.74) is 0. The van der Waals surface area contributed by atoms with E-state index in [4.69, 9.17) is 4.74 Å². The standard InChI is InChI=1S/C12H26N2O/c1-9(2)14-6-10(3)12(7-14)13-11(4)8-15-5/h9-13H,6-8H2,1-5H3. The van der Waals surface area contributed by atoms with E-state index in [2.05, 4.69) is 37.9 Å². The van der Waals surface area contributed by atoms with E-state index < -0.39 is 0 Å². The second-order valence-electron chi connectivity index (χ2n) is 5.15. The van der Waals surface area contributed by atoms with E-state index >= 15 is 0 Å². The summed E-state index contributed by atoms with van der Waals surface area (Å²) in [5.74, 6) is 0.742. The van der Waals surface area contributed by atoms with Crippen LogP contribution < -0.4 is 5.32 Å². The molecular weight excluding hydrogens is 188 g/mol. The van der Waals surface area contributed by atoms with Crippen LogP contribution in [0.5, 0.6) is 0 Å². The van der Waals surface area contributed by atoms with Crippen LogP contribution in [0.3, 0.4) is 0 Å². The van der Waals surface area contributed by atoms with E-state index in [1.807, 2.05) is 0 Å². The third kappa shape index (κ3) is 3.74. The maximum atomic E-state index is 5.15. The molecule has 0 spiro atoms. The van der Waals surface area contributed by atoms with Crippen molar-refractivity contribution in [3.05, 3.63) is 0 Å². The summed E-state index contributed by atoms with van der Waals surface area (Å²) in [6, 6.07) is 1.74. The van der Waals surface area contributed by atoms with E-state index in [-0.39, 0.29) is 0 Å². The number of ether oxygens (including phenoxy) is 1. The first-order chi connectivity index (χ1) is 7.04. The minimum absolute atomic E-state index is 0.453. The van der Waals surface area contributed by atoms with E-state index in [0.29, 0.717) is 18.1 Å². The normalized spacial score (nSPS) is 30.0. The zero-order chi connectivity index (χ0) is 11.4. The zero-order valence-electron chi connectivity index (χ0n) is 10.8. The Morgan fingerprint density at radius 1 is 1.33 bits per heavy atom. The van der Waals surface area contributed by atoms with Gasteiger partial charge in [0.2, 0.25) is 0 Å². The molecule has 0 aromatic heterocycles. The van der Waals surface area contributed by atoms with Crippen molar-refractivity contribution in [1.29, 1.82) is 0 Å². The van der Waals surface area contributed by atoms with Crippen molar-refractivity contribution >= 4 is 0 Å². The lowest BCUT2D eigenvalue weighted by Crippen LogP contribution is -2.43. The molecule has 1 fully saturated rings. The molecule has 3 atom stereocenters. The fraction of sp³-hybridized carbons (Fsp3) is 1.00. The average molecular weight is 214 g/mol. The molecule has 0 amide bonds. The highest BCUT2D eigenvalue weighted by molar-refractivity contribution is 4.89. The van der Waals surface area contributed by atoms with Crippen molar-refractivity contribution in [3.8, 4) is 0 Å². The third-order valence-corrected chi connectivity index (χ3v) is 3.29. The molecule has 1 N–H and O–H groups in total. The van der Waals surface area contributed by atoms with Crippen LogP contribution in [-0.2, 0) is 4.74 Å². The van der Waals surface area contributed by atoms with E-state index in [1.165, 1.54) is 13.1 Å². The van der Waals surface area contributed by atoms with Crippen molar-refractivity contribution in [2.24, 2.45) is 5.92 Å². The molecule has 0 aromatic rings. The van der Waals surface area contributed by atoms with Gasteiger partial charge in [0, 0.05) is 38.3 Å². The summed E-state index contributed by atoms with van der Waals surface area (Å²) < 4.78 is 5.15. The summed E-state index contributed by atoms with van der Waals surface area (Å²) in [6.45, 7) is 12.3. The molecule has 0 aromatic carbocycles. The van der Waals surface area contributed by atoms with Crippen LogP contribution in [0.4, 0.5) is 0 Å². The smallest absolute Gasteiger partial charge is 0.0613 e. The highest BCUT2D eigenvalue weighted by atomic mass is 16.5. The van der Waals surface area contributed by atoms with E-state index in [0.717, 1.165) is 12.5 Å². The molecule has 90 valence electrons. The number of nitrogens with one attached hydrogen (secondary N) is 1. The SMILES string of the molecule is COCC(C)NC1CN(C(C)C)CC1C. The Hall–Kier alpha value is -0.120. The third-order valence-electron chi connectivity index (χ3n) is 3.29. The van der Waals surface area contributed by atoms with Gasteiger partial charge >= 0.3 is 0 Å². The molecule has 15 heavy (non-hydrogen) atoms. The fourth-order valence-electron chi connectivity index (χ4n) is 2.31. The molecular formula is C12H26N2O. The van der Waals surface area contributed by atoms with Gasteiger partial charge in [-0.1, -0.05) is 6.92 Å². The van der Waals surface area contributed by atoms with Crippen LogP contribution in [-0.4, -0.2) is 49.8 Å². The van der Waals surface area contributed by atoms with Crippen molar-refractivity contribution in [3.63, 3.8) is 0 Å². The minimum atomic E-state index is 0.453. The molecule has 0 bridgehead atoms. The van der Waals surface area contributed by atoms with Gasteiger partial charge in [-0.25, -0.2) is 0 Å². The summed E-state index contributed by atoms with van der Waals surface area (Å²) >= 11 is 0. The molecule has 3 heteroatoms. The maximum Gasteiger partial charge on any atom is 0.0613 e. The first kappa shape index (κ1) is 12.9. The second-order valence-corrected chi connectivity index (χ2v) is 5.15. The highest BCUT2D eigenvalue weighted by Gasteiger charge is 2.31. The first-order valence-corrected chi connectivity index (χ1v) is 6.03. The number of hydrogen-bond acceptors (Lipinski definition) is 3. The number of methoxy groups -OCH3 is 1. The monoisotopic (exact) mass is 214 g/mol. The summed E-state index contributed by atoms with van der Waals surface area (Å²) in [7, 11) is 1.76. The van der Waals surface area contributed by atoms with Crippen LogP contribution in [0.25, 0.3) is 0 Å². The first-order valence-electron chi connectivity index (χ1n) is 6.03. The molecule has 0 radical (unpaired) electrons. The van der Waals surface area contributed by atoms with Crippen molar-refractivity contribution in [2.75, 3.05) is 26.8 Å². The van der Waals surface area contributed by atoms with Crippen molar-refractivity contribution < 1.29 is 4.74 Å². The van der Waals surface area contributed by atoms with Crippen LogP contribution in [0, 0.1) is 5.92 Å². The Bertz CT molecular complexity index is 184. The lowest BCUT2D eigenvalue weighted by Gasteiger charge is -2.23. The Morgan fingerprint density at radius 3 is 2.47 bits per heavy atom. The molecule has 0 saturated carbocycles. The lowest BCUT2D eigenvalue weighted by atomic mass is 10.1. The van der Waals surface area contributed by atoms with Crippen molar-refractivity contribution in [2.45, 2.75) is 45.8 Å². The number of nitrogens with zero attached hydrogens (tertiary/aromatic N) is 1. The lowest BCUT2D eigenvalue weighted by molar-refractivity contribution is 0.163. The van der Waals surface area contributed by atoms with Gasteiger partial charge in [-0.2, -0.15) is 0 Å². The minimum Gasteiger partial charge on any atom is -0.383 e. The summed E-state index contributed by atoms with van der Waals surface area (Å²) in [5, 5.41) is 3.65. The molecule has 1 aliphatic rings. The van der Waals surface area contributed by atoms with Gasteiger partial charge < -0.3 is 10.1 Å². The average Bonchev–Trinajstić information content (AvgIpc) is 2.48. The Morgan fingerprint density at radius 2 is 2.00 bits per heavy atom. The van der Waals surface area contributed by atoms with Crippen molar-refractivity contribution in [1.82, 2.24) is 10.2 Å². The Balaban J connectivity index is 2.36. The van der Waals surface area contributed by atoms with Gasteiger partial charge in [0.05, 0.1) is 6.61 Å². The molecule has 1 aliphatic heterocycles. The van der Waals surface area contributed by atoms with Crippen LogP contribution in [0.15, 0.2) is 0 Å². The van der Waals surface area contributed by atoms with E-state index in [9.17, 15) is 0 Å². The molecule has 1 rings (SSSR count). The maximum absolute atomic E-state index is 5.15. The number of rotatable bonds is 5. The summed E-state index contributed by atoms with van der Waals surface area (Å²) in [6.07, 6.45) is 0. The van der Waals surface area contributed by atoms with Crippen LogP contribution in [0.1, 0.15) is 27.7 Å². The largest absolute Gasteiger partial charge is 0.383 e. The molecule has 3 unspecified atom stereocenters. The van der Waals surface area contributed by atoms with E-state index in [1.54, 1.807) is 7.11 Å². The summed E-state index contributed by atoms with van der Waals surface area (Å²) in [4.78, 5) is 2.54. The Labute approximate surface area is 94.2 Å². The van der Waals surface area contributed by atoms with Crippen LogP contribution >= 0.6 is 0 Å². The molecule has 1 saturated heterocycles. The number of hydrogen-bond donors (Lipinski definition) is 1. The molecule has 1 heterocycles. The van der Waals surface area contributed by atoms with Gasteiger partial charge in [0.25, 0.3) is 0 Å². The quantitative estimate of drug-likeness (QED) is 0.747. The fourth-order valence-corrected chi connectivity index (χ4v) is 2.31. The van der Waals surface area contributed by atoms with Gasteiger partial charge in [0.15, 0.2) is 0 Å². The molecule has 3 nitrogen and oxygen atoms in total. The predicted octanol–water partition coefficient (Wildman–Crippen LogP) is 1.34. The molecule has 0 aliphatic carbocycles. The number of likely N-dealkylation sites (tertiary alicyclic amines) is 1. The Kier molecular flexibility index (Phi) is 5.03. The predicted molar refractivity (Wildman–Crippen MR) is 64.1 cm³/mol. The second kappa shape index (κ2) is 5.83. The van der Waals surface area contributed by atoms with Gasteiger partial charge in [-0.15, -0.1) is 0 Å². The van der Waals surface area contributed by atoms with Gasteiger partial charge in [-0.3, -0.25) is 4.90 Å². The highest BCUT2D eigenvalue weighted by Crippen LogP contribution is 2.18.